The summed E-state index contributed by atoms with van der Waals surface area (Å²) >= 11 is 5.97. The number of fused-ring (bicyclic) bond motifs is 2. The zero-order valence-corrected chi connectivity index (χ0v) is 26.2. The van der Waals surface area contributed by atoms with Gasteiger partial charge in [-0.15, -0.1) is 0 Å². The Morgan fingerprint density at radius 3 is 1.66 bits per heavy atom. The van der Waals surface area contributed by atoms with E-state index in [1.807, 2.05) is 66.6 Å². The molecule has 0 saturated carbocycles. The quantitative estimate of drug-likeness (QED) is 0.491. The van der Waals surface area contributed by atoms with Crippen LogP contribution in [0.2, 0.25) is 5.28 Å². The van der Waals surface area contributed by atoms with Gasteiger partial charge in [0.05, 0.1) is 24.5 Å². The second-order valence-electron chi connectivity index (χ2n) is 12.7. The summed E-state index contributed by atoms with van der Waals surface area (Å²) in [7, 11) is 3.68. The summed E-state index contributed by atoms with van der Waals surface area (Å²) in [6.45, 7) is 12.2. The van der Waals surface area contributed by atoms with Gasteiger partial charge in [0.2, 0.25) is 22.9 Å². The van der Waals surface area contributed by atoms with Crippen LogP contribution in [0.5, 0.6) is 0 Å². The number of likely N-dealkylation sites (N-methyl/N-ethyl adjacent to an activating group) is 2. The summed E-state index contributed by atoms with van der Waals surface area (Å²) in [5.74, 6) is 1.57. The minimum absolute atomic E-state index is 0.0264. The van der Waals surface area contributed by atoms with E-state index in [4.69, 9.17) is 16.9 Å². The number of halogens is 1. The molecule has 2 N–H and O–H groups in total. The molecule has 0 aromatic carbocycles. The summed E-state index contributed by atoms with van der Waals surface area (Å²) in [6, 6.07) is 1.99. The van der Waals surface area contributed by atoms with Crippen LogP contribution in [-0.2, 0) is 35.3 Å². The van der Waals surface area contributed by atoms with Gasteiger partial charge in [0, 0.05) is 36.3 Å². The van der Waals surface area contributed by atoms with Gasteiger partial charge in [-0.25, -0.2) is 19.9 Å². The van der Waals surface area contributed by atoms with Crippen LogP contribution in [0, 0.1) is 11.3 Å². The van der Waals surface area contributed by atoms with Gasteiger partial charge in [-0.05, 0) is 91.7 Å². The molecule has 2 aliphatic carbocycles. The lowest BCUT2D eigenvalue weighted by Crippen LogP contribution is -2.45. The molecule has 222 valence electrons. The van der Waals surface area contributed by atoms with E-state index in [1.54, 1.807) is 4.90 Å². The van der Waals surface area contributed by atoms with Crippen molar-refractivity contribution in [2.75, 3.05) is 37.0 Å². The van der Waals surface area contributed by atoms with Crippen molar-refractivity contribution >= 4 is 35.1 Å². The molecule has 2 amide bonds. The first kappa shape index (κ1) is 32.0. The van der Waals surface area contributed by atoms with Crippen molar-refractivity contribution in [3.63, 3.8) is 0 Å². The van der Waals surface area contributed by atoms with Gasteiger partial charge in [0.25, 0.3) is 0 Å². The van der Waals surface area contributed by atoms with Crippen molar-refractivity contribution < 1.29 is 9.59 Å². The highest BCUT2D eigenvalue weighted by atomic mass is 35.5. The van der Waals surface area contributed by atoms with Crippen molar-refractivity contribution in [2.24, 2.45) is 0 Å². The first-order valence-corrected chi connectivity index (χ1v) is 14.3. The van der Waals surface area contributed by atoms with E-state index in [9.17, 15) is 9.59 Å². The van der Waals surface area contributed by atoms with Crippen LogP contribution in [0.1, 0.15) is 82.7 Å². The molecule has 2 aromatic heterocycles. The molecule has 0 aliphatic heterocycles. The Bertz CT molecular complexity index is 1330. The monoisotopic (exact) mass is 583 g/mol. The molecule has 0 atom stereocenters. The van der Waals surface area contributed by atoms with E-state index in [-0.39, 0.29) is 47.1 Å². The predicted octanol–water partition coefficient (Wildman–Crippen LogP) is 3.16. The van der Waals surface area contributed by atoms with Crippen LogP contribution in [0.15, 0.2) is 0 Å². The molecular weight excluding hydrogens is 542 g/mol. The standard InChI is InChI=1S/C15H21N5O.C14H21ClN4O/c1-15(2,3)19-13(21)9-20(4)14-10-6-5-7-11(10)17-12(8-16)18-14;1-14(2,3)18-11(20)8-19(4)12-9-6-5-7-10(9)16-13(15)17-12/h5-7,9H2,1-4H3,(H,19,21);5-8H2,1-4H3,(H,18,20). The fourth-order valence-corrected chi connectivity index (χ4v) is 5.16. The summed E-state index contributed by atoms with van der Waals surface area (Å²) < 4.78 is 0. The fourth-order valence-electron chi connectivity index (χ4n) is 4.97. The van der Waals surface area contributed by atoms with E-state index >= 15 is 0 Å². The van der Waals surface area contributed by atoms with Crippen molar-refractivity contribution in [3.8, 4) is 6.07 Å². The van der Waals surface area contributed by atoms with Crippen molar-refractivity contribution in [1.82, 2.24) is 30.6 Å². The Kier molecular flexibility index (Phi) is 10.1. The topological polar surface area (TPSA) is 140 Å². The van der Waals surface area contributed by atoms with Crippen LogP contribution in [0.4, 0.5) is 11.6 Å². The molecule has 0 spiro atoms. The molecule has 2 aromatic rings. The zero-order chi connectivity index (χ0) is 30.5. The van der Waals surface area contributed by atoms with Crippen molar-refractivity contribution in [3.05, 3.63) is 33.6 Å². The molecule has 0 radical (unpaired) electrons. The molecule has 12 heteroatoms. The molecule has 0 saturated heterocycles. The average molecular weight is 584 g/mol. The molecule has 2 heterocycles. The molecule has 4 rings (SSSR count). The number of hydrogen-bond donors (Lipinski definition) is 2. The molecule has 0 bridgehead atoms. The third-order valence-corrected chi connectivity index (χ3v) is 6.58. The Morgan fingerprint density at radius 2 is 1.22 bits per heavy atom. The summed E-state index contributed by atoms with van der Waals surface area (Å²) in [4.78, 5) is 44.8. The summed E-state index contributed by atoms with van der Waals surface area (Å²) in [5.41, 5.74) is 3.66. The SMILES string of the molecule is CN(CC(=O)NC(C)(C)C)c1nc(C#N)nc2c1CCC2.CN(CC(=O)NC(C)(C)C)c1nc(Cl)nc2c1CCC2. The third kappa shape index (κ3) is 9.25. The number of rotatable bonds is 6. The van der Waals surface area contributed by atoms with Crippen LogP contribution in [0.25, 0.3) is 0 Å². The van der Waals surface area contributed by atoms with Gasteiger partial charge < -0.3 is 20.4 Å². The third-order valence-electron chi connectivity index (χ3n) is 6.41. The molecule has 0 unspecified atom stereocenters. The smallest absolute Gasteiger partial charge is 0.239 e. The van der Waals surface area contributed by atoms with Crippen molar-refractivity contribution in [1.29, 1.82) is 5.26 Å². The van der Waals surface area contributed by atoms with Gasteiger partial charge in [0.1, 0.15) is 17.7 Å². The van der Waals surface area contributed by atoms with E-state index in [0.717, 1.165) is 66.9 Å². The Balaban J connectivity index is 0.000000226. The number of anilines is 2. The number of nitrogens with zero attached hydrogens (tertiary/aromatic N) is 7. The van der Waals surface area contributed by atoms with Crippen LogP contribution in [0.3, 0.4) is 0 Å². The lowest BCUT2D eigenvalue weighted by molar-refractivity contribution is -0.122. The highest BCUT2D eigenvalue weighted by Crippen LogP contribution is 2.30. The minimum atomic E-state index is -0.261. The molecular formula is C29H42ClN9O2. The van der Waals surface area contributed by atoms with Gasteiger partial charge in [-0.3, -0.25) is 9.59 Å². The highest BCUT2D eigenvalue weighted by molar-refractivity contribution is 6.28. The number of hydrogen-bond acceptors (Lipinski definition) is 9. The van der Waals surface area contributed by atoms with Crippen LogP contribution in [-0.4, -0.2) is 70.0 Å². The number of carbonyl (C=O) groups is 2. The maximum absolute atomic E-state index is 12.0. The van der Waals surface area contributed by atoms with E-state index < -0.39 is 0 Å². The Hall–Kier alpha value is -3.52. The first-order valence-electron chi connectivity index (χ1n) is 14.0. The number of nitriles is 1. The first-order chi connectivity index (χ1) is 19.1. The maximum Gasteiger partial charge on any atom is 0.239 e. The number of amides is 2. The Morgan fingerprint density at radius 1 is 0.780 bits per heavy atom. The predicted molar refractivity (Wildman–Crippen MR) is 160 cm³/mol. The number of nitrogens with one attached hydrogen (secondary N) is 2. The largest absolute Gasteiger partial charge is 0.350 e. The van der Waals surface area contributed by atoms with Crippen LogP contribution < -0.4 is 20.4 Å². The van der Waals surface area contributed by atoms with Gasteiger partial charge >= 0.3 is 0 Å². The lowest BCUT2D eigenvalue weighted by Gasteiger charge is -2.25. The molecule has 0 fully saturated rings. The Labute approximate surface area is 248 Å². The lowest BCUT2D eigenvalue weighted by atomic mass is 10.1. The minimum Gasteiger partial charge on any atom is -0.350 e. The molecule has 11 nitrogen and oxygen atoms in total. The maximum atomic E-state index is 12.0. The summed E-state index contributed by atoms with van der Waals surface area (Å²) in [5, 5.41) is 15.2. The van der Waals surface area contributed by atoms with Crippen molar-refractivity contribution in [2.45, 2.75) is 91.1 Å². The van der Waals surface area contributed by atoms with Gasteiger partial charge in [0.15, 0.2) is 0 Å². The molecule has 2 aliphatic rings. The zero-order valence-electron chi connectivity index (χ0n) is 25.5. The number of aryl methyl sites for hydroxylation is 2. The second kappa shape index (κ2) is 13.0. The number of aromatic nitrogens is 4. The van der Waals surface area contributed by atoms with Crippen LogP contribution >= 0.6 is 11.6 Å². The highest BCUT2D eigenvalue weighted by Gasteiger charge is 2.25. The van der Waals surface area contributed by atoms with Gasteiger partial charge in [-0.1, -0.05) is 0 Å². The van der Waals surface area contributed by atoms with E-state index in [1.165, 1.54) is 0 Å². The second-order valence-corrected chi connectivity index (χ2v) is 13.0. The fraction of sp³-hybridized carbons (Fsp3) is 0.621. The van der Waals surface area contributed by atoms with E-state index in [0.29, 0.717) is 5.82 Å². The average Bonchev–Trinajstić information content (AvgIpc) is 3.49. The van der Waals surface area contributed by atoms with E-state index in [2.05, 4.69) is 30.6 Å². The normalized spacial score (nSPS) is 13.8. The van der Waals surface area contributed by atoms with Gasteiger partial charge in [-0.2, -0.15) is 5.26 Å². The molecule has 41 heavy (non-hydrogen) atoms. The summed E-state index contributed by atoms with van der Waals surface area (Å²) in [6.07, 6.45) is 5.76. The number of carbonyl (C=O) groups excluding carboxylic acids is 2.